The van der Waals surface area contributed by atoms with Crippen molar-refractivity contribution >= 4 is 35.6 Å². The Balaban J connectivity index is 1.69. The molecule has 0 saturated heterocycles. The van der Waals surface area contributed by atoms with E-state index >= 15 is 4.39 Å². The predicted molar refractivity (Wildman–Crippen MR) is 120 cm³/mol. The van der Waals surface area contributed by atoms with Crippen molar-refractivity contribution in [1.82, 2.24) is 25.4 Å². The molecule has 0 radical (unpaired) electrons. The normalized spacial score (nSPS) is 14.5. The molecule has 1 aliphatic rings. The molecular weight excluding hydrogens is 453 g/mol. The van der Waals surface area contributed by atoms with Gasteiger partial charge in [0.15, 0.2) is 11.6 Å². The van der Waals surface area contributed by atoms with Crippen LogP contribution in [0.5, 0.6) is 0 Å². The van der Waals surface area contributed by atoms with E-state index in [4.69, 9.17) is 11.6 Å². The van der Waals surface area contributed by atoms with Crippen molar-refractivity contribution in [3.63, 3.8) is 0 Å². The summed E-state index contributed by atoms with van der Waals surface area (Å²) in [5.74, 6) is -1.97. The second-order valence-electron chi connectivity index (χ2n) is 8.12. The lowest BCUT2D eigenvalue weighted by molar-refractivity contribution is -0.154. The number of anilines is 2. The molecule has 12 heteroatoms. The van der Waals surface area contributed by atoms with Gasteiger partial charge in [-0.05, 0) is 41.6 Å². The smallest absolute Gasteiger partial charge is 0.243 e. The van der Waals surface area contributed by atoms with E-state index in [0.717, 1.165) is 31.2 Å². The van der Waals surface area contributed by atoms with Gasteiger partial charge in [-0.15, -0.1) is 0 Å². The SMILES string of the molecule is CN(Cc1ccncc1)c1nc(Cl)nc(NNC(=O)[C@H](CC2CCCC2)CN(O)C=O)c1F. The number of hydrogen-bond acceptors (Lipinski definition) is 8. The largest absolute Gasteiger partial charge is 0.353 e. The zero-order valence-electron chi connectivity index (χ0n) is 18.2. The minimum atomic E-state index is -0.791. The van der Waals surface area contributed by atoms with Gasteiger partial charge in [-0.25, -0.2) is 5.06 Å². The molecule has 3 rings (SSSR count). The zero-order valence-corrected chi connectivity index (χ0v) is 19.0. The van der Waals surface area contributed by atoms with Crippen molar-refractivity contribution in [2.24, 2.45) is 11.8 Å². The van der Waals surface area contributed by atoms with Crippen LogP contribution in [0.1, 0.15) is 37.7 Å². The molecule has 1 fully saturated rings. The molecule has 2 aromatic rings. The van der Waals surface area contributed by atoms with E-state index in [-0.39, 0.29) is 29.9 Å². The summed E-state index contributed by atoms with van der Waals surface area (Å²) >= 11 is 5.99. The highest BCUT2D eigenvalue weighted by molar-refractivity contribution is 6.28. The minimum Gasteiger partial charge on any atom is -0.353 e. The first-order valence-corrected chi connectivity index (χ1v) is 11.0. The number of rotatable bonds is 11. The van der Waals surface area contributed by atoms with Crippen LogP contribution in [0, 0.1) is 17.7 Å². The molecule has 0 aliphatic heterocycles. The van der Waals surface area contributed by atoms with Crippen LogP contribution in [-0.2, 0) is 16.1 Å². The summed E-state index contributed by atoms with van der Waals surface area (Å²) in [5, 5.41) is 9.83. The molecule has 1 saturated carbocycles. The average molecular weight is 480 g/mol. The molecule has 1 aliphatic carbocycles. The summed E-state index contributed by atoms with van der Waals surface area (Å²) in [6.45, 7) is 0.181. The van der Waals surface area contributed by atoms with Gasteiger partial charge in [0, 0.05) is 26.0 Å². The highest BCUT2D eigenvalue weighted by atomic mass is 35.5. The first kappa shape index (κ1) is 24.6. The van der Waals surface area contributed by atoms with Crippen molar-refractivity contribution in [1.29, 1.82) is 0 Å². The van der Waals surface area contributed by atoms with Gasteiger partial charge >= 0.3 is 0 Å². The molecule has 2 amide bonds. The van der Waals surface area contributed by atoms with Crippen LogP contribution in [0.2, 0.25) is 5.28 Å². The standard InChI is InChI=1S/C21H27ClFN7O3/c1-29(11-15-6-8-24-9-7-15)19-17(23)18(25-21(22)26-19)27-28-20(32)16(12-30(33)13-31)10-14-4-2-3-5-14/h6-9,13-14,16,33H,2-5,10-12H2,1H3,(H,28,32)(H,25,26,27)/t16-/m1/s1. The van der Waals surface area contributed by atoms with Gasteiger partial charge in [0.05, 0.1) is 12.5 Å². The van der Waals surface area contributed by atoms with Crippen LogP contribution in [0.15, 0.2) is 24.5 Å². The van der Waals surface area contributed by atoms with Crippen LogP contribution < -0.4 is 15.8 Å². The highest BCUT2D eigenvalue weighted by Gasteiger charge is 2.27. The molecule has 2 heterocycles. The summed E-state index contributed by atoms with van der Waals surface area (Å²) in [6, 6.07) is 3.59. The summed E-state index contributed by atoms with van der Waals surface area (Å²) in [7, 11) is 1.65. The monoisotopic (exact) mass is 479 g/mol. The van der Waals surface area contributed by atoms with Crippen molar-refractivity contribution in [2.45, 2.75) is 38.6 Å². The highest BCUT2D eigenvalue weighted by Crippen LogP contribution is 2.31. The average Bonchev–Trinajstić information content (AvgIpc) is 3.32. The predicted octanol–water partition coefficient (Wildman–Crippen LogP) is 2.79. The van der Waals surface area contributed by atoms with Gasteiger partial charge in [-0.3, -0.25) is 30.6 Å². The van der Waals surface area contributed by atoms with Gasteiger partial charge < -0.3 is 4.90 Å². The Morgan fingerprint density at radius 3 is 2.70 bits per heavy atom. The van der Waals surface area contributed by atoms with Crippen molar-refractivity contribution in [3.05, 3.63) is 41.2 Å². The summed E-state index contributed by atoms with van der Waals surface area (Å²) in [5.41, 5.74) is 5.79. The third-order valence-electron chi connectivity index (χ3n) is 5.63. The van der Waals surface area contributed by atoms with E-state index in [1.807, 2.05) is 0 Å². The number of carbonyl (C=O) groups excluding carboxylic acids is 2. The fraction of sp³-hybridized carbons (Fsp3) is 0.476. The molecule has 1 atom stereocenters. The molecule has 33 heavy (non-hydrogen) atoms. The van der Waals surface area contributed by atoms with E-state index in [0.29, 0.717) is 23.9 Å². The number of halogens is 2. The van der Waals surface area contributed by atoms with Gasteiger partial charge in [0.2, 0.25) is 23.4 Å². The Morgan fingerprint density at radius 2 is 2.03 bits per heavy atom. The number of amides is 2. The van der Waals surface area contributed by atoms with Crippen LogP contribution >= 0.6 is 11.6 Å². The van der Waals surface area contributed by atoms with Crippen molar-refractivity contribution in [2.75, 3.05) is 23.9 Å². The van der Waals surface area contributed by atoms with E-state index in [2.05, 4.69) is 25.8 Å². The second-order valence-corrected chi connectivity index (χ2v) is 8.45. The molecule has 0 aromatic carbocycles. The number of nitrogens with one attached hydrogen (secondary N) is 2. The van der Waals surface area contributed by atoms with E-state index < -0.39 is 17.6 Å². The molecule has 10 nitrogen and oxygen atoms in total. The molecule has 0 unspecified atom stereocenters. The Hall–Kier alpha value is -3.05. The van der Waals surface area contributed by atoms with Gasteiger partial charge in [0.25, 0.3) is 0 Å². The molecule has 178 valence electrons. The van der Waals surface area contributed by atoms with Crippen LogP contribution in [-0.4, -0.2) is 51.1 Å². The molecule has 0 spiro atoms. The Labute approximate surface area is 196 Å². The zero-order chi connectivity index (χ0) is 23.8. The second kappa shape index (κ2) is 11.7. The topological polar surface area (TPSA) is 124 Å². The van der Waals surface area contributed by atoms with Crippen LogP contribution in [0.3, 0.4) is 0 Å². The third kappa shape index (κ3) is 6.96. The van der Waals surface area contributed by atoms with E-state index in [9.17, 15) is 14.8 Å². The van der Waals surface area contributed by atoms with Crippen molar-refractivity contribution < 1.29 is 19.2 Å². The van der Waals surface area contributed by atoms with Crippen LogP contribution in [0.25, 0.3) is 0 Å². The maximum Gasteiger partial charge on any atom is 0.243 e. The Kier molecular flexibility index (Phi) is 8.72. The lowest BCUT2D eigenvalue weighted by atomic mass is 9.92. The third-order valence-corrected chi connectivity index (χ3v) is 5.80. The quantitative estimate of drug-likeness (QED) is 0.194. The van der Waals surface area contributed by atoms with E-state index in [1.165, 1.54) is 0 Å². The number of hydroxylamine groups is 2. The van der Waals surface area contributed by atoms with Gasteiger partial charge in [0.1, 0.15) is 0 Å². The van der Waals surface area contributed by atoms with Gasteiger partial charge in [-0.1, -0.05) is 25.7 Å². The van der Waals surface area contributed by atoms with Gasteiger partial charge in [-0.2, -0.15) is 14.4 Å². The number of pyridine rings is 1. The number of carbonyl (C=O) groups is 2. The number of hydrogen-bond donors (Lipinski definition) is 3. The molecule has 2 aromatic heterocycles. The first-order valence-electron chi connectivity index (χ1n) is 10.7. The summed E-state index contributed by atoms with van der Waals surface area (Å²) < 4.78 is 15.1. The fourth-order valence-corrected chi connectivity index (χ4v) is 4.15. The number of nitrogens with zero attached hydrogens (tertiary/aromatic N) is 5. The molecule has 0 bridgehead atoms. The number of aromatic nitrogens is 3. The van der Waals surface area contributed by atoms with Crippen molar-refractivity contribution in [3.8, 4) is 0 Å². The molecule has 3 N–H and O–H groups in total. The fourth-order valence-electron chi connectivity index (χ4n) is 3.99. The van der Waals surface area contributed by atoms with E-state index in [1.54, 1.807) is 36.5 Å². The minimum absolute atomic E-state index is 0.0476. The summed E-state index contributed by atoms with van der Waals surface area (Å²) in [6.07, 6.45) is 8.19. The first-order chi connectivity index (χ1) is 15.9. The maximum atomic E-state index is 15.1. The molecular formula is C21H27ClFN7O3. The lowest BCUT2D eigenvalue weighted by Crippen LogP contribution is -2.41. The van der Waals surface area contributed by atoms with Crippen LogP contribution in [0.4, 0.5) is 16.0 Å². The maximum absolute atomic E-state index is 15.1. The lowest BCUT2D eigenvalue weighted by Gasteiger charge is -2.23. The Morgan fingerprint density at radius 1 is 1.33 bits per heavy atom. The summed E-state index contributed by atoms with van der Waals surface area (Å²) in [4.78, 5) is 36.9. The number of hydrazine groups is 1. The Bertz CT molecular complexity index is 947.